The van der Waals surface area contributed by atoms with E-state index in [2.05, 4.69) is 10.3 Å². The van der Waals surface area contributed by atoms with Crippen LogP contribution in [0.2, 0.25) is 0 Å². The second-order valence-corrected chi connectivity index (χ2v) is 11.6. The second-order valence-electron chi connectivity index (χ2n) is 10.6. The smallest absolute Gasteiger partial charge is 0.274 e. The number of aromatic hydroxyl groups is 1. The Bertz CT molecular complexity index is 1210. The third-order valence-corrected chi connectivity index (χ3v) is 6.66. The van der Waals surface area contributed by atoms with E-state index in [1.807, 2.05) is 53.7 Å². The van der Waals surface area contributed by atoms with Crippen molar-refractivity contribution in [3.63, 3.8) is 0 Å². The number of nitrogens with one attached hydrogen (secondary N) is 1. The first-order valence-corrected chi connectivity index (χ1v) is 11.8. The standard InChI is InChI=1S/C26H31N3O4S/c1-14-9-17(13-20(15(14)2)29(32)33)27-24-28-23(31)21(34-24)12-16-10-18(25(3,4)5)22(30)19(11-16)26(6,7)8/h9-13,30H,1-8H3,(H,27,28,31)/b21-12-. The minimum atomic E-state index is -0.428. The van der Waals surface area contributed by atoms with E-state index in [0.717, 1.165) is 22.3 Å². The molecule has 2 aromatic rings. The van der Waals surface area contributed by atoms with Crippen LogP contribution in [0.15, 0.2) is 34.2 Å². The Morgan fingerprint density at radius 3 is 2.09 bits per heavy atom. The van der Waals surface area contributed by atoms with Gasteiger partial charge in [0.25, 0.3) is 11.6 Å². The van der Waals surface area contributed by atoms with Gasteiger partial charge in [-0.05, 0) is 71.8 Å². The molecular formula is C26H31N3O4S. The summed E-state index contributed by atoms with van der Waals surface area (Å²) in [6, 6.07) is 6.99. The van der Waals surface area contributed by atoms with Crippen LogP contribution < -0.4 is 5.32 Å². The molecular weight excluding hydrogens is 450 g/mol. The quantitative estimate of drug-likeness (QED) is 0.300. The monoisotopic (exact) mass is 481 g/mol. The van der Waals surface area contributed by atoms with E-state index in [-0.39, 0.29) is 28.2 Å². The van der Waals surface area contributed by atoms with Crippen LogP contribution in [-0.2, 0) is 15.6 Å². The van der Waals surface area contributed by atoms with Gasteiger partial charge in [-0.15, -0.1) is 0 Å². The van der Waals surface area contributed by atoms with Gasteiger partial charge in [-0.1, -0.05) is 41.5 Å². The Balaban J connectivity index is 2.02. The van der Waals surface area contributed by atoms with E-state index >= 15 is 0 Å². The van der Waals surface area contributed by atoms with Gasteiger partial charge in [0.1, 0.15) is 5.75 Å². The molecule has 0 aliphatic carbocycles. The molecule has 0 spiro atoms. The lowest BCUT2D eigenvalue weighted by molar-refractivity contribution is -0.385. The molecule has 2 N–H and O–H groups in total. The molecule has 0 bridgehead atoms. The first-order chi connectivity index (χ1) is 15.6. The van der Waals surface area contributed by atoms with Gasteiger partial charge >= 0.3 is 0 Å². The van der Waals surface area contributed by atoms with E-state index in [0.29, 0.717) is 21.3 Å². The highest BCUT2D eigenvalue weighted by atomic mass is 32.2. The Kier molecular flexibility index (Phi) is 6.68. The molecule has 7 nitrogen and oxygen atoms in total. The zero-order valence-electron chi connectivity index (χ0n) is 20.9. The van der Waals surface area contributed by atoms with Gasteiger partial charge < -0.3 is 10.4 Å². The molecule has 0 saturated carbocycles. The molecule has 1 saturated heterocycles. The molecule has 1 aliphatic heterocycles. The maximum atomic E-state index is 12.7. The number of amides is 1. The number of benzene rings is 2. The van der Waals surface area contributed by atoms with E-state index in [9.17, 15) is 20.0 Å². The predicted octanol–water partition coefficient (Wildman–Crippen LogP) is 6.40. The first kappa shape index (κ1) is 25.5. The van der Waals surface area contributed by atoms with Gasteiger partial charge in [0, 0.05) is 22.8 Å². The number of aryl methyl sites for hydroxylation is 1. The van der Waals surface area contributed by atoms with Gasteiger partial charge in [0.05, 0.1) is 15.5 Å². The topological polar surface area (TPSA) is 105 Å². The minimum Gasteiger partial charge on any atom is -0.507 e. The number of amidine groups is 1. The molecule has 8 heteroatoms. The fraction of sp³-hybridized carbons (Fsp3) is 0.385. The summed E-state index contributed by atoms with van der Waals surface area (Å²) in [5, 5.41) is 25.4. The van der Waals surface area contributed by atoms with Crippen molar-refractivity contribution in [3.8, 4) is 5.75 Å². The van der Waals surface area contributed by atoms with Crippen LogP contribution in [-0.4, -0.2) is 21.1 Å². The van der Waals surface area contributed by atoms with Crippen LogP contribution in [0.3, 0.4) is 0 Å². The van der Waals surface area contributed by atoms with Gasteiger partial charge in [0.2, 0.25) is 0 Å². The summed E-state index contributed by atoms with van der Waals surface area (Å²) in [4.78, 5) is 28.5. The highest BCUT2D eigenvalue weighted by molar-refractivity contribution is 8.18. The number of carbonyl (C=O) groups excluding carboxylic acids is 1. The van der Waals surface area contributed by atoms with Gasteiger partial charge in [-0.3, -0.25) is 14.9 Å². The van der Waals surface area contributed by atoms with Crippen LogP contribution in [0.4, 0.5) is 11.4 Å². The summed E-state index contributed by atoms with van der Waals surface area (Å²) in [5.74, 6) is -0.00552. The van der Waals surface area contributed by atoms with Crippen molar-refractivity contribution in [1.82, 2.24) is 5.32 Å². The third kappa shape index (κ3) is 5.33. The Labute approximate surface area is 204 Å². The second kappa shape index (κ2) is 8.91. The van der Waals surface area contributed by atoms with Gasteiger partial charge in [0.15, 0.2) is 5.17 Å². The fourth-order valence-corrected chi connectivity index (χ4v) is 4.55. The van der Waals surface area contributed by atoms with Gasteiger partial charge in [-0.2, -0.15) is 0 Å². The fourth-order valence-electron chi connectivity index (χ4n) is 3.71. The molecule has 0 radical (unpaired) electrons. The van der Waals surface area contributed by atoms with Crippen LogP contribution in [0.1, 0.15) is 69.4 Å². The molecule has 34 heavy (non-hydrogen) atoms. The van der Waals surface area contributed by atoms with Crippen molar-refractivity contribution in [2.45, 2.75) is 66.2 Å². The molecule has 1 amide bonds. The number of phenolic OH excluding ortho intramolecular Hbond substituents is 1. The molecule has 2 aromatic carbocycles. The molecule has 1 fully saturated rings. The Morgan fingerprint density at radius 1 is 1.03 bits per heavy atom. The number of hydrogen-bond acceptors (Lipinski definition) is 6. The predicted molar refractivity (Wildman–Crippen MR) is 139 cm³/mol. The SMILES string of the molecule is Cc1cc(N=C2NC(=O)/C(=C/c3cc(C(C)(C)C)c(O)c(C(C)(C)C)c3)S2)cc([N+](=O)[O-])c1C. The zero-order valence-corrected chi connectivity index (χ0v) is 21.7. The van der Waals surface area contributed by atoms with E-state index < -0.39 is 4.92 Å². The van der Waals surface area contributed by atoms with Crippen molar-refractivity contribution in [2.24, 2.45) is 4.99 Å². The summed E-state index contributed by atoms with van der Waals surface area (Å²) < 4.78 is 0. The van der Waals surface area contributed by atoms with Crippen LogP contribution >= 0.6 is 11.8 Å². The van der Waals surface area contributed by atoms with Crippen molar-refractivity contribution in [1.29, 1.82) is 0 Å². The molecule has 1 aliphatic rings. The summed E-state index contributed by atoms with van der Waals surface area (Å²) >= 11 is 1.18. The average molecular weight is 482 g/mol. The number of carbonyl (C=O) groups is 1. The number of aliphatic imine (C=N–C) groups is 1. The van der Waals surface area contributed by atoms with Crippen molar-refractivity contribution < 1.29 is 14.8 Å². The van der Waals surface area contributed by atoms with Crippen LogP contribution in [0.5, 0.6) is 5.75 Å². The first-order valence-electron chi connectivity index (χ1n) is 11.0. The molecule has 3 rings (SSSR count). The van der Waals surface area contributed by atoms with E-state index in [1.165, 1.54) is 17.8 Å². The largest absolute Gasteiger partial charge is 0.507 e. The maximum Gasteiger partial charge on any atom is 0.274 e. The van der Waals surface area contributed by atoms with Crippen LogP contribution in [0.25, 0.3) is 6.08 Å². The summed E-state index contributed by atoms with van der Waals surface area (Å²) in [5.41, 5.74) is 3.63. The molecule has 0 atom stereocenters. The molecule has 0 unspecified atom stereocenters. The lowest BCUT2D eigenvalue weighted by Gasteiger charge is -2.28. The highest BCUT2D eigenvalue weighted by Gasteiger charge is 2.28. The van der Waals surface area contributed by atoms with Gasteiger partial charge in [-0.25, -0.2) is 4.99 Å². The number of nitro benzene ring substituents is 1. The van der Waals surface area contributed by atoms with Crippen molar-refractivity contribution >= 4 is 40.3 Å². The number of rotatable bonds is 3. The summed E-state index contributed by atoms with van der Waals surface area (Å²) in [6.07, 6.45) is 1.79. The van der Waals surface area contributed by atoms with E-state index in [1.54, 1.807) is 26.0 Å². The molecule has 0 aromatic heterocycles. The van der Waals surface area contributed by atoms with Crippen LogP contribution in [0, 0.1) is 24.0 Å². The van der Waals surface area contributed by atoms with Crippen molar-refractivity contribution in [3.05, 3.63) is 67.1 Å². The number of hydrogen-bond donors (Lipinski definition) is 2. The Hall–Kier alpha value is -3.13. The average Bonchev–Trinajstić information content (AvgIpc) is 3.02. The normalized spacial score (nSPS) is 16.9. The number of nitro groups is 1. The minimum absolute atomic E-state index is 0.00190. The molecule has 1 heterocycles. The van der Waals surface area contributed by atoms with E-state index in [4.69, 9.17) is 0 Å². The third-order valence-electron chi connectivity index (χ3n) is 5.75. The highest BCUT2D eigenvalue weighted by Crippen LogP contribution is 2.41. The summed E-state index contributed by atoms with van der Waals surface area (Å²) in [7, 11) is 0. The number of nitrogens with zero attached hydrogens (tertiary/aromatic N) is 2. The Morgan fingerprint density at radius 2 is 1.59 bits per heavy atom. The maximum absolute atomic E-state index is 12.7. The lowest BCUT2D eigenvalue weighted by Crippen LogP contribution is -2.19. The lowest BCUT2D eigenvalue weighted by atomic mass is 9.78. The summed E-state index contributed by atoms with van der Waals surface area (Å²) in [6.45, 7) is 15.7. The van der Waals surface area contributed by atoms with Crippen molar-refractivity contribution in [2.75, 3.05) is 0 Å². The number of thioether (sulfide) groups is 1. The number of phenols is 1. The molecule has 180 valence electrons. The zero-order chi connectivity index (χ0) is 25.6.